The monoisotopic (exact) mass is 254 g/mol. The first-order valence-corrected chi connectivity index (χ1v) is 6.58. The number of hydrogen-bond donors (Lipinski definition) is 2. The third-order valence-corrected chi connectivity index (χ3v) is 2.96. The van der Waals surface area contributed by atoms with E-state index in [0.717, 1.165) is 25.1 Å². The number of hydrogen-bond acceptors (Lipinski definition) is 2. The minimum atomic E-state index is -0.902. The van der Waals surface area contributed by atoms with Crippen LogP contribution in [0.4, 0.5) is 4.39 Å². The molecule has 0 spiro atoms. The Morgan fingerprint density at radius 1 is 1.39 bits per heavy atom. The fourth-order valence-corrected chi connectivity index (χ4v) is 1.86. The number of nitrogens with one attached hydrogen (secondary N) is 1. The van der Waals surface area contributed by atoms with Crippen LogP contribution in [-0.2, 0) is 0 Å². The fraction of sp³-hybridized carbons (Fsp3) is 0.600. The van der Waals surface area contributed by atoms with Gasteiger partial charge in [-0.05, 0) is 33.6 Å². The van der Waals surface area contributed by atoms with Gasteiger partial charge in [0, 0.05) is 23.9 Å². The van der Waals surface area contributed by atoms with Gasteiger partial charge in [-0.1, -0.05) is 31.2 Å². The van der Waals surface area contributed by atoms with E-state index in [1.807, 2.05) is 26.0 Å². The molecule has 0 aliphatic carbocycles. The van der Waals surface area contributed by atoms with E-state index in [-0.39, 0.29) is 5.41 Å². The van der Waals surface area contributed by atoms with Crippen molar-refractivity contribution < 1.29 is 4.39 Å². The van der Waals surface area contributed by atoms with Gasteiger partial charge in [-0.3, -0.25) is 0 Å². The Labute approximate surface area is 111 Å². The highest BCUT2D eigenvalue weighted by molar-refractivity contribution is 5.15. The Hall–Kier alpha value is -1.25. The molecule has 0 rings (SSSR count). The van der Waals surface area contributed by atoms with E-state index >= 15 is 0 Å². The van der Waals surface area contributed by atoms with Crippen LogP contribution in [0.15, 0.2) is 36.2 Å². The zero-order valence-corrected chi connectivity index (χ0v) is 12.0. The van der Waals surface area contributed by atoms with Crippen molar-refractivity contribution in [2.75, 3.05) is 6.54 Å². The number of allylic oxidation sites excluding steroid dienone is 5. The Bertz CT molecular complexity index is 306. The SMILES string of the molecule is C/C=C/CC(C)(C/C=C/C(C)F)/C(=C/N)NCC. The summed E-state index contributed by atoms with van der Waals surface area (Å²) < 4.78 is 12.8. The predicted octanol–water partition coefficient (Wildman–Crippen LogP) is 3.67. The predicted molar refractivity (Wildman–Crippen MR) is 77.8 cm³/mol. The summed E-state index contributed by atoms with van der Waals surface area (Å²) in [6.45, 7) is 8.54. The van der Waals surface area contributed by atoms with Crippen molar-refractivity contribution in [1.29, 1.82) is 0 Å². The van der Waals surface area contributed by atoms with Gasteiger partial charge in [0.1, 0.15) is 6.17 Å². The van der Waals surface area contributed by atoms with Crippen LogP contribution in [0.25, 0.3) is 0 Å². The van der Waals surface area contributed by atoms with E-state index < -0.39 is 6.17 Å². The maximum absolute atomic E-state index is 12.8. The average molecular weight is 254 g/mol. The van der Waals surface area contributed by atoms with Gasteiger partial charge in [0.15, 0.2) is 0 Å². The lowest BCUT2D eigenvalue weighted by Gasteiger charge is -2.31. The molecule has 0 saturated carbocycles. The topological polar surface area (TPSA) is 38.0 Å². The molecule has 0 bridgehead atoms. The molecule has 2 atom stereocenters. The maximum atomic E-state index is 12.8. The number of halogens is 1. The second-order valence-corrected chi connectivity index (χ2v) is 4.75. The Morgan fingerprint density at radius 3 is 2.44 bits per heavy atom. The molecule has 0 saturated heterocycles. The Kier molecular flexibility index (Phi) is 8.17. The highest BCUT2D eigenvalue weighted by atomic mass is 19.1. The van der Waals surface area contributed by atoms with E-state index in [9.17, 15) is 4.39 Å². The largest absolute Gasteiger partial charge is 0.403 e. The minimum Gasteiger partial charge on any atom is -0.403 e. The van der Waals surface area contributed by atoms with Crippen LogP contribution in [0.2, 0.25) is 0 Å². The van der Waals surface area contributed by atoms with Crippen LogP contribution in [0.5, 0.6) is 0 Å². The maximum Gasteiger partial charge on any atom is 0.115 e. The summed E-state index contributed by atoms with van der Waals surface area (Å²) in [5.41, 5.74) is 6.61. The number of alkyl halides is 1. The first-order chi connectivity index (χ1) is 8.50. The van der Waals surface area contributed by atoms with Crippen molar-refractivity contribution in [2.45, 2.75) is 46.7 Å². The van der Waals surface area contributed by atoms with Crippen LogP contribution in [0, 0.1) is 5.41 Å². The van der Waals surface area contributed by atoms with Crippen molar-refractivity contribution in [1.82, 2.24) is 5.32 Å². The molecule has 2 nitrogen and oxygen atoms in total. The Balaban J connectivity index is 4.91. The lowest BCUT2D eigenvalue weighted by molar-refractivity contribution is 0.376. The van der Waals surface area contributed by atoms with Crippen LogP contribution in [0.1, 0.15) is 40.5 Å². The smallest absolute Gasteiger partial charge is 0.115 e. The summed E-state index contributed by atoms with van der Waals surface area (Å²) in [5, 5.41) is 3.29. The van der Waals surface area contributed by atoms with E-state index in [2.05, 4.69) is 18.3 Å². The highest BCUT2D eigenvalue weighted by Gasteiger charge is 2.26. The molecule has 104 valence electrons. The third-order valence-electron chi connectivity index (χ3n) is 2.96. The molecular formula is C15H27FN2. The minimum absolute atomic E-state index is 0.108. The second-order valence-electron chi connectivity index (χ2n) is 4.75. The standard InChI is InChI=1S/C15H27FN2/c1-5-7-10-15(4,11-8-9-13(3)16)14(12-17)18-6-2/h5,7-9,12-13,18H,6,10-11,17H2,1-4H3/b7-5+,9-8+,14-12-. The van der Waals surface area contributed by atoms with Crippen molar-refractivity contribution in [3.8, 4) is 0 Å². The van der Waals surface area contributed by atoms with Gasteiger partial charge in [0.25, 0.3) is 0 Å². The van der Waals surface area contributed by atoms with Gasteiger partial charge in [-0.2, -0.15) is 0 Å². The molecule has 0 aliphatic heterocycles. The van der Waals surface area contributed by atoms with Gasteiger partial charge in [-0.25, -0.2) is 4.39 Å². The van der Waals surface area contributed by atoms with Crippen molar-refractivity contribution in [2.24, 2.45) is 11.1 Å². The van der Waals surface area contributed by atoms with Crippen LogP contribution in [0.3, 0.4) is 0 Å². The highest BCUT2D eigenvalue weighted by Crippen LogP contribution is 2.34. The van der Waals surface area contributed by atoms with Crippen LogP contribution < -0.4 is 11.1 Å². The molecular weight excluding hydrogens is 227 g/mol. The summed E-state index contributed by atoms with van der Waals surface area (Å²) in [6, 6.07) is 0. The first kappa shape index (κ1) is 16.8. The number of rotatable bonds is 8. The van der Waals surface area contributed by atoms with Gasteiger partial charge in [0.05, 0.1) is 0 Å². The van der Waals surface area contributed by atoms with Crippen LogP contribution >= 0.6 is 0 Å². The molecule has 0 aliphatic rings. The van der Waals surface area contributed by atoms with Crippen molar-refractivity contribution >= 4 is 0 Å². The number of nitrogens with two attached hydrogens (primary N) is 1. The third kappa shape index (κ3) is 5.89. The molecule has 3 N–H and O–H groups in total. The van der Waals surface area contributed by atoms with E-state index in [1.54, 1.807) is 12.3 Å². The van der Waals surface area contributed by atoms with Gasteiger partial charge in [0.2, 0.25) is 0 Å². The molecule has 2 unspecified atom stereocenters. The Morgan fingerprint density at radius 2 is 2.00 bits per heavy atom. The summed E-state index contributed by atoms with van der Waals surface area (Å²) >= 11 is 0. The van der Waals surface area contributed by atoms with Gasteiger partial charge in [-0.15, -0.1) is 0 Å². The molecule has 18 heavy (non-hydrogen) atoms. The molecule has 0 radical (unpaired) electrons. The van der Waals surface area contributed by atoms with Crippen molar-refractivity contribution in [3.63, 3.8) is 0 Å². The fourth-order valence-electron chi connectivity index (χ4n) is 1.86. The van der Waals surface area contributed by atoms with E-state index in [0.29, 0.717) is 0 Å². The molecule has 0 fully saturated rings. The molecule has 0 aromatic rings. The lowest BCUT2D eigenvalue weighted by atomic mass is 9.79. The second kappa shape index (κ2) is 8.78. The van der Waals surface area contributed by atoms with Gasteiger partial charge < -0.3 is 11.1 Å². The zero-order chi connectivity index (χ0) is 14.0. The lowest BCUT2D eigenvalue weighted by Crippen LogP contribution is -2.29. The normalized spacial score (nSPS) is 18.2. The summed E-state index contributed by atoms with van der Waals surface area (Å²) in [4.78, 5) is 0. The van der Waals surface area contributed by atoms with E-state index in [4.69, 9.17) is 5.73 Å². The molecule has 0 aromatic carbocycles. The summed E-state index contributed by atoms with van der Waals surface area (Å²) in [6.07, 6.45) is 10.0. The van der Waals surface area contributed by atoms with Gasteiger partial charge >= 0.3 is 0 Å². The van der Waals surface area contributed by atoms with Crippen LogP contribution in [-0.4, -0.2) is 12.7 Å². The molecule has 0 aromatic heterocycles. The quantitative estimate of drug-likeness (QED) is 0.649. The van der Waals surface area contributed by atoms with E-state index in [1.165, 1.54) is 6.92 Å². The zero-order valence-electron chi connectivity index (χ0n) is 12.0. The summed E-state index contributed by atoms with van der Waals surface area (Å²) in [7, 11) is 0. The molecule has 0 amide bonds. The first-order valence-electron chi connectivity index (χ1n) is 6.58. The summed E-state index contributed by atoms with van der Waals surface area (Å²) in [5.74, 6) is 0. The molecule has 0 heterocycles. The van der Waals surface area contributed by atoms with Crippen molar-refractivity contribution in [3.05, 3.63) is 36.2 Å². The average Bonchev–Trinajstić information content (AvgIpc) is 2.32. The molecule has 3 heteroatoms.